The largest absolute Gasteiger partial charge is 0.493 e. The summed E-state index contributed by atoms with van der Waals surface area (Å²) in [5, 5.41) is 5.73. The Labute approximate surface area is 359 Å². The monoisotopic (exact) mass is 852 g/mol. The van der Waals surface area contributed by atoms with Crippen molar-refractivity contribution in [3.05, 3.63) is 90.5 Å². The minimum Gasteiger partial charge on any atom is -0.493 e. The minimum atomic E-state index is -0.894. The van der Waals surface area contributed by atoms with Gasteiger partial charge >= 0.3 is 12.1 Å². The molecule has 3 aliphatic heterocycles. The summed E-state index contributed by atoms with van der Waals surface area (Å²) in [5.41, 5.74) is 3.92. The van der Waals surface area contributed by atoms with Crippen LogP contribution in [0.3, 0.4) is 0 Å². The number of benzene rings is 2. The lowest BCUT2D eigenvalue weighted by molar-refractivity contribution is -0.195. The van der Waals surface area contributed by atoms with E-state index in [1.165, 1.54) is 25.2 Å². The smallest absolute Gasteiger partial charge is 0.416 e. The number of ether oxygens (including phenoxy) is 6. The quantitative estimate of drug-likeness (QED) is 0.0758. The second-order valence-electron chi connectivity index (χ2n) is 15.3. The predicted octanol–water partition coefficient (Wildman–Crippen LogP) is 6.49. The van der Waals surface area contributed by atoms with E-state index in [4.69, 9.17) is 28.4 Å². The lowest BCUT2D eigenvalue weighted by Gasteiger charge is -2.38. The Kier molecular flexibility index (Phi) is 13.6. The highest BCUT2D eigenvalue weighted by atomic mass is 16.7. The Morgan fingerprint density at radius 3 is 2.40 bits per heavy atom. The number of fused-ring (bicyclic) bond motifs is 2. The SMILES string of the molecule is C=CCOC(=O)N1c2cc(OCCCC(=O)Nc3cc(C(=O)Nc4ccc(-c5cc(C(=O)OC)n(C)c5)cc4)n(C)c3)c(OC)cc2C(=O)N2CCC[C@H]2C1OC1CCCCO1. The molecule has 5 heterocycles. The molecule has 0 saturated carbocycles. The van der Waals surface area contributed by atoms with Crippen molar-refractivity contribution in [2.75, 3.05) is 56.1 Å². The van der Waals surface area contributed by atoms with Gasteiger partial charge in [0.2, 0.25) is 5.91 Å². The van der Waals surface area contributed by atoms with Crippen LogP contribution in [-0.4, -0.2) is 103 Å². The average Bonchev–Trinajstić information content (AvgIpc) is 4.01. The van der Waals surface area contributed by atoms with Crippen molar-refractivity contribution in [1.29, 1.82) is 0 Å². The lowest BCUT2D eigenvalue weighted by atomic mass is 10.1. The first-order valence-corrected chi connectivity index (χ1v) is 20.6. The summed E-state index contributed by atoms with van der Waals surface area (Å²) in [6.07, 6.45) is 7.02. The summed E-state index contributed by atoms with van der Waals surface area (Å²) in [6, 6.07) is 13.3. The second-order valence-corrected chi connectivity index (χ2v) is 15.3. The van der Waals surface area contributed by atoms with Gasteiger partial charge in [0, 0.05) is 63.4 Å². The highest BCUT2D eigenvalue weighted by molar-refractivity contribution is 6.06. The van der Waals surface area contributed by atoms with Crippen LogP contribution in [0.5, 0.6) is 11.5 Å². The number of methoxy groups -OCH3 is 2. The molecule has 0 bridgehead atoms. The summed E-state index contributed by atoms with van der Waals surface area (Å²) < 4.78 is 38.0. The predicted molar refractivity (Wildman–Crippen MR) is 228 cm³/mol. The van der Waals surface area contributed by atoms with Gasteiger partial charge in [-0.05, 0) is 74.4 Å². The van der Waals surface area contributed by atoms with Crippen LogP contribution in [0.4, 0.5) is 21.9 Å². The van der Waals surface area contributed by atoms with Gasteiger partial charge in [-0.25, -0.2) is 14.5 Å². The molecule has 3 atom stereocenters. The number of hydrogen-bond donors (Lipinski definition) is 2. The molecular weight excluding hydrogens is 801 g/mol. The van der Waals surface area contributed by atoms with Gasteiger partial charge in [0.1, 0.15) is 18.0 Å². The molecule has 4 amide bonds. The van der Waals surface area contributed by atoms with Crippen molar-refractivity contribution in [2.45, 2.75) is 63.5 Å². The van der Waals surface area contributed by atoms with Crippen molar-refractivity contribution in [3.8, 4) is 22.6 Å². The van der Waals surface area contributed by atoms with E-state index in [1.54, 1.807) is 70.7 Å². The fourth-order valence-corrected chi connectivity index (χ4v) is 7.99. The van der Waals surface area contributed by atoms with Gasteiger partial charge in [-0.15, -0.1) is 0 Å². The van der Waals surface area contributed by atoms with E-state index in [0.717, 1.165) is 30.4 Å². The van der Waals surface area contributed by atoms with Crippen LogP contribution in [0.15, 0.2) is 73.6 Å². The van der Waals surface area contributed by atoms with Gasteiger partial charge in [0.25, 0.3) is 11.8 Å². The third-order valence-electron chi connectivity index (χ3n) is 11.1. The van der Waals surface area contributed by atoms with Crippen LogP contribution < -0.4 is 25.0 Å². The molecule has 2 aromatic heterocycles. The summed E-state index contributed by atoms with van der Waals surface area (Å²) in [6.45, 7) is 4.76. The fraction of sp³-hybridized carbons (Fsp3) is 0.400. The molecule has 0 spiro atoms. The van der Waals surface area contributed by atoms with E-state index >= 15 is 0 Å². The maximum absolute atomic E-state index is 14.1. The number of hydrogen-bond acceptors (Lipinski definition) is 11. The molecule has 2 unspecified atom stereocenters. The van der Waals surface area contributed by atoms with Crippen molar-refractivity contribution >= 4 is 46.8 Å². The molecule has 2 fully saturated rings. The molecule has 4 aromatic rings. The Hall–Kier alpha value is -6.59. The number of esters is 1. The maximum Gasteiger partial charge on any atom is 0.416 e. The van der Waals surface area contributed by atoms with Crippen molar-refractivity contribution in [1.82, 2.24) is 14.0 Å². The fourth-order valence-electron chi connectivity index (χ4n) is 7.99. The number of carbonyl (C=O) groups is 5. The maximum atomic E-state index is 14.1. The van der Waals surface area contributed by atoms with Crippen LogP contribution in [0.1, 0.15) is 76.3 Å². The molecule has 3 aliphatic rings. The zero-order valence-corrected chi connectivity index (χ0v) is 35.3. The molecular formula is C45H52N6O11. The van der Waals surface area contributed by atoms with E-state index in [0.29, 0.717) is 55.2 Å². The van der Waals surface area contributed by atoms with E-state index in [-0.39, 0.29) is 60.1 Å². The topological polar surface area (TPSA) is 181 Å². The average molecular weight is 853 g/mol. The van der Waals surface area contributed by atoms with Gasteiger partial charge < -0.3 is 53.1 Å². The van der Waals surface area contributed by atoms with Crippen molar-refractivity contribution < 1.29 is 52.4 Å². The number of anilines is 3. The van der Waals surface area contributed by atoms with E-state index in [1.807, 2.05) is 18.3 Å². The number of aryl methyl sites for hydroxylation is 2. The van der Waals surface area contributed by atoms with Crippen molar-refractivity contribution in [3.63, 3.8) is 0 Å². The van der Waals surface area contributed by atoms with Crippen LogP contribution in [0, 0.1) is 0 Å². The normalized spacial score (nSPS) is 18.3. The zero-order chi connectivity index (χ0) is 43.9. The van der Waals surface area contributed by atoms with Gasteiger partial charge in [-0.2, -0.15) is 0 Å². The number of aromatic nitrogens is 2. The highest BCUT2D eigenvalue weighted by Crippen LogP contribution is 2.43. The first kappa shape index (κ1) is 43.5. The first-order valence-electron chi connectivity index (χ1n) is 20.6. The molecule has 62 heavy (non-hydrogen) atoms. The number of nitrogens with zero attached hydrogens (tertiary/aromatic N) is 4. The molecule has 0 radical (unpaired) electrons. The van der Waals surface area contributed by atoms with E-state index in [2.05, 4.69) is 17.2 Å². The first-order chi connectivity index (χ1) is 30.0. The van der Waals surface area contributed by atoms with Gasteiger partial charge in [-0.3, -0.25) is 14.4 Å². The Bertz CT molecular complexity index is 2310. The van der Waals surface area contributed by atoms with Crippen molar-refractivity contribution in [2.24, 2.45) is 14.1 Å². The second kappa shape index (κ2) is 19.4. The number of carbonyl (C=O) groups excluding carboxylic acids is 5. The van der Waals surface area contributed by atoms with Gasteiger partial charge in [0.05, 0.1) is 43.8 Å². The van der Waals surface area contributed by atoms with Crippen LogP contribution in [-0.2, 0) is 37.8 Å². The zero-order valence-electron chi connectivity index (χ0n) is 35.3. The molecule has 2 saturated heterocycles. The van der Waals surface area contributed by atoms with Gasteiger partial charge in [-0.1, -0.05) is 24.8 Å². The van der Waals surface area contributed by atoms with Crippen LogP contribution in [0.2, 0.25) is 0 Å². The third kappa shape index (κ3) is 9.48. The Morgan fingerprint density at radius 1 is 0.887 bits per heavy atom. The van der Waals surface area contributed by atoms with Crippen LogP contribution in [0.25, 0.3) is 11.1 Å². The number of rotatable bonds is 15. The standard InChI is InChI=1S/C45H52N6O11/c1-6-19-61-45(56)51-34-25-38(37(57-4)24-32(34)42(54)50-18-9-11-33(50)43(51)62-40-13-7-8-20-60-40)59-21-10-12-39(52)46-31-23-35(49(3)27-31)41(53)47-30-16-14-28(15-17-30)29-22-36(44(55)58-5)48(2)26-29/h6,14-17,22-27,33,40,43H,1,7-13,18-21H2,2-5H3,(H,46,52)(H,47,53)/t33-,40?,43?/m0/s1. The van der Waals surface area contributed by atoms with Crippen LogP contribution >= 0.6 is 0 Å². The number of nitrogens with one attached hydrogen (secondary N) is 2. The molecule has 2 aromatic carbocycles. The Morgan fingerprint density at radius 2 is 1.68 bits per heavy atom. The summed E-state index contributed by atoms with van der Waals surface area (Å²) in [5.74, 6) is -0.818. The summed E-state index contributed by atoms with van der Waals surface area (Å²) in [4.78, 5) is 69.4. The van der Waals surface area contributed by atoms with Gasteiger partial charge in [0.15, 0.2) is 24.0 Å². The summed E-state index contributed by atoms with van der Waals surface area (Å²) >= 11 is 0. The third-order valence-corrected chi connectivity index (χ3v) is 11.1. The lowest BCUT2D eigenvalue weighted by Crippen LogP contribution is -2.54. The molecule has 17 heteroatoms. The molecule has 2 N–H and O–H groups in total. The molecule has 328 valence electrons. The molecule has 17 nitrogen and oxygen atoms in total. The van der Waals surface area contributed by atoms with E-state index < -0.39 is 30.6 Å². The Balaban J connectivity index is 0.985. The molecule has 7 rings (SSSR count). The molecule has 0 aliphatic carbocycles. The summed E-state index contributed by atoms with van der Waals surface area (Å²) in [7, 11) is 6.27. The minimum absolute atomic E-state index is 0.0497. The highest BCUT2D eigenvalue weighted by Gasteiger charge is 2.48. The van der Waals surface area contributed by atoms with E-state index in [9.17, 15) is 24.0 Å². The number of amides is 4.